The van der Waals surface area contributed by atoms with E-state index in [9.17, 15) is 13.2 Å². The lowest BCUT2D eigenvalue weighted by molar-refractivity contribution is -0.172. The zero-order valence-corrected chi connectivity index (χ0v) is 83.8. The maximum absolute atomic E-state index is 12.5. The number of rotatable bonds is 27. The number of hydrogen-bond donors (Lipinski definition) is 0. The molecule has 2 saturated heterocycles. The molecular weight excluding hydrogens is 1660 g/mol. The number of aliphatic imine (C=N–C) groups is 1. The molecule has 0 N–H and O–H groups in total. The van der Waals surface area contributed by atoms with Gasteiger partial charge in [0.1, 0.15) is 5.75 Å². The molecule has 0 atom stereocenters. The van der Waals surface area contributed by atoms with Crippen molar-refractivity contribution in [3.63, 3.8) is 0 Å². The maximum Gasteiger partial charge on any atom is 0.253 e. The Morgan fingerprint density at radius 2 is 1.12 bits per heavy atom. The molecule has 18 rings (SSSR count). The Labute approximate surface area is 794 Å². The Morgan fingerprint density at radius 3 is 1.69 bits per heavy atom. The van der Waals surface area contributed by atoms with Crippen LogP contribution >= 0.6 is 23.2 Å². The summed E-state index contributed by atoms with van der Waals surface area (Å²) in [5.41, 5.74) is 19.5. The van der Waals surface area contributed by atoms with Gasteiger partial charge in [-0.15, -0.1) is 12.3 Å². The van der Waals surface area contributed by atoms with Crippen LogP contribution in [0.4, 0.5) is 5.69 Å². The van der Waals surface area contributed by atoms with Gasteiger partial charge in [-0.1, -0.05) is 298 Å². The zero-order valence-electron chi connectivity index (χ0n) is 81.4. The van der Waals surface area contributed by atoms with Crippen LogP contribution in [0.1, 0.15) is 277 Å². The predicted octanol–water partition coefficient (Wildman–Crippen LogP) is 30.3. The van der Waals surface area contributed by atoms with E-state index in [0.717, 1.165) is 154 Å². The average Bonchev–Trinajstić information content (AvgIpc) is 1.24. The number of piperidine rings is 2. The normalized spacial score (nSPS) is 17.5. The second-order valence-electron chi connectivity index (χ2n) is 40.7. The molecule has 130 heavy (non-hydrogen) atoms. The zero-order chi connectivity index (χ0) is 93.6. The number of terminal acetylenes is 1. The molecule has 5 heterocycles. The molecule has 0 radical (unpaired) electrons. The van der Waals surface area contributed by atoms with Crippen LogP contribution < -0.4 is 14.2 Å². The fraction of sp³-hybridized carbons (Fsp3) is 0.483. The number of sulfonamides is 1. The number of halogens is 2. The molecule has 0 aromatic heterocycles. The molecule has 5 aliphatic heterocycles. The number of carbonyl (C=O) groups is 1. The van der Waals surface area contributed by atoms with Gasteiger partial charge in [-0.05, 0) is 301 Å². The summed E-state index contributed by atoms with van der Waals surface area (Å²) in [5, 5.41) is 9.51. The fourth-order valence-corrected chi connectivity index (χ4v) is 20.6. The van der Waals surface area contributed by atoms with Gasteiger partial charge in [-0.25, -0.2) is 8.42 Å². The molecule has 696 valence electrons. The van der Waals surface area contributed by atoms with Crippen LogP contribution in [0.3, 0.4) is 0 Å². The lowest BCUT2D eigenvalue weighted by Gasteiger charge is -2.73. The first-order valence-corrected chi connectivity index (χ1v) is 50.8. The first kappa shape index (κ1) is 103. The predicted molar refractivity (Wildman–Crippen MR) is 547 cm³/mol. The Balaban J connectivity index is 0.000000155. The van der Waals surface area contributed by atoms with Crippen LogP contribution in [0.2, 0.25) is 10.0 Å². The number of likely N-dealkylation sites (tertiary alicyclic amines) is 1. The first-order valence-electron chi connectivity index (χ1n) is 48.6. The largest absolute Gasteiger partial charge is 0.492 e. The maximum atomic E-state index is 12.5. The van der Waals surface area contributed by atoms with Gasteiger partial charge < -0.3 is 19.1 Å². The number of hydrogen-bond acceptors (Lipinski definition) is 9. The van der Waals surface area contributed by atoms with Crippen molar-refractivity contribution >= 4 is 57.1 Å². The van der Waals surface area contributed by atoms with Gasteiger partial charge in [0.15, 0.2) is 17.2 Å². The molecule has 9 aromatic carbocycles. The third-order valence-electron chi connectivity index (χ3n) is 26.2. The van der Waals surface area contributed by atoms with Crippen LogP contribution in [-0.2, 0) is 60.4 Å². The highest BCUT2D eigenvalue weighted by Crippen LogP contribution is 2.76. The van der Waals surface area contributed by atoms with Gasteiger partial charge in [0.2, 0.25) is 16.8 Å². The second kappa shape index (κ2) is 50.1. The van der Waals surface area contributed by atoms with Gasteiger partial charge >= 0.3 is 0 Å². The topological polar surface area (TPSA) is 122 Å². The number of carbonyl (C=O) groups excluding carboxylic acids is 1. The molecule has 1 amide bonds. The van der Waals surface area contributed by atoms with Gasteiger partial charge in [-0.3, -0.25) is 9.79 Å². The number of aryl methyl sites for hydroxylation is 2. The van der Waals surface area contributed by atoms with E-state index < -0.39 is 10.0 Å². The summed E-state index contributed by atoms with van der Waals surface area (Å²) in [5.74, 6) is 12.5. The van der Waals surface area contributed by atoms with Gasteiger partial charge in [0.25, 0.3) is 5.91 Å². The van der Waals surface area contributed by atoms with E-state index in [1.165, 1.54) is 106 Å². The van der Waals surface area contributed by atoms with Crippen molar-refractivity contribution in [2.24, 2.45) is 73.9 Å². The number of ether oxygens (including phenoxy) is 3. The van der Waals surface area contributed by atoms with E-state index in [4.69, 9.17) is 43.8 Å². The SMILES string of the molecule is C#CCCC1(CCOc2ccc(CC(C)C)cc2Cl)N=N1.CC(C)C12CC(c3ccccc3)(C1)C2.CC(C)CC1CCN(S(=O)(=O)c2ccccc2)CC1.CC(C)CCc1ccc2c(c1)OCO2.CC(C)Cc1ccc2c(c1)C=CC2.CC(C)Cc1ccc2c(c1)N=CC2.CC(C)c1cccc(Cc2ccccc2)c1.Cc1ccc(C(=O)N2CCC(CC(C)C)CC2)cc1Cl. The van der Waals surface area contributed by atoms with E-state index in [1.807, 2.05) is 54.4 Å². The lowest BCUT2D eigenvalue weighted by Crippen LogP contribution is -2.66. The van der Waals surface area contributed by atoms with E-state index in [0.29, 0.717) is 82.5 Å². The Hall–Kier alpha value is -9.09. The number of benzene rings is 9. The monoisotopic (exact) mass is 1810 g/mol. The van der Waals surface area contributed by atoms with Crippen LogP contribution in [0.15, 0.2) is 232 Å². The summed E-state index contributed by atoms with van der Waals surface area (Å²) in [6, 6.07) is 70.7. The van der Waals surface area contributed by atoms with E-state index in [-0.39, 0.29) is 11.6 Å². The minimum Gasteiger partial charge on any atom is -0.492 e. The molecule has 2 bridgehead atoms. The first-order chi connectivity index (χ1) is 62.2. The second-order valence-corrected chi connectivity index (χ2v) is 43.4. The molecule has 5 fully saturated rings. The molecule has 9 aliphatic rings. The molecule has 9 aromatic rings. The standard InChI is InChI=1S/C17H21ClN2O.C17H24ClNO.C16H18.C15H23NO2S.C14H18.C13H16.C12H15N.C12H16O2/c1-4-5-8-17(19-20-17)9-10-21-16-7-6-14(11-13(2)3)12-15(16)18;1-12(2)10-14-6-8-19(9-7-14)17(20)15-5-4-13(3)16(18)11-15;1-13(2)16-10-6-9-15(12-16)11-14-7-4-3-5-8-14;1-13(2)12-14-8-10-16(11-9-14)19(17,18)15-6-4-3-5-7-15;1-11(2)13-8-14(9-13,10-13)12-6-4-3-5-7-12;1-10(2)8-11-6-7-12-4-3-5-13(12)9-11;1-9(2)7-10-3-4-11-5-6-13-12(11)8-10;1-9(2)3-4-10-5-6-11-12(7-10)14-8-13-11/h1,6-7,12-13H,5,8-11H2,2-3H3;4-5,11-12,14H,6-10H2,1-3H3;3-10,12-13H,11H2,1-2H3;3-7,13-14H,8-12H2,1-2H3;3-7,11H,8-10H2,1-2H3;3,5-7,9-10H,4,8H2,1-2H3;3-4,6,8-9H,5,7H2,1-2H3;5-7,9H,3-4,8H2,1-2H3. The Bertz CT molecular complexity index is 5170. The summed E-state index contributed by atoms with van der Waals surface area (Å²) >= 11 is 12.4. The van der Waals surface area contributed by atoms with Crippen molar-refractivity contribution in [1.29, 1.82) is 0 Å². The quantitative estimate of drug-likeness (QED) is 0.0473. The van der Waals surface area contributed by atoms with Gasteiger partial charge in [-0.2, -0.15) is 14.5 Å². The molecule has 0 unspecified atom stereocenters. The summed E-state index contributed by atoms with van der Waals surface area (Å²) in [7, 11) is -3.28. The molecule has 11 nitrogen and oxygen atoms in total. The number of allylic oxidation sites excluding steroid dienone is 1. The van der Waals surface area contributed by atoms with E-state index in [1.54, 1.807) is 40.2 Å². The number of nitrogens with zero attached hydrogens (tertiary/aromatic N) is 5. The van der Waals surface area contributed by atoms with Crippen molar-refractivity contribution in [2.45, 2.75) is 268 Å². The minimum absolute atomic E-state index is 0.120. The van der Waals surface area contributed by atoms with Gasteiger partial charge in [0.05, 0.1) is 22.2 Å². The van der Waals surface area contributed by atoms with Gasteiger partial charge in [0, 0.05) is 68.7 Å². The van der Waals surface area contributed by atoms with Crippen molar-refractivity contribution in [3.05, 3.63) is 295 Å². The van der Waals surface area contributed by atoms with E-state index >= 15 is 0 Å². The molecule has 0 spiro atoms. The summed E-state index contributed by atoms with van der Waals surface area (Å²) in [6.45, 7) is 42.1. The van der Waals surface area contributed by atoms with Crippen molar-refractivity contribution in [3.8, 4) is 29.6 Å². The van der Waals surface area contributed by atoms with Crippen LogP contribution in [0.25, 0.3) is 6.08 Å². The Kier molecular flexibility index (Phi) is 39.7. The lowest BCUT2D eigenvalue weighted by atomic mass is 9.31. The average molecular weight is 1810 g/mol. The summed E-state index contributed by atoms with van der Waals surface area (Å²) in [6.07, 6.45) is 33.9. The van der Waals surface area contributed by atoms with Crippen LogP contribution in [-0.4, -0.2) is 75.0 Å². The molecule has 4 aliphatic carbocycles. The highest BCUT2D eigenvalue weighted by atomic mass is 35.5. The molecule has 3 saturated carbocycles. The number of fused-ring (bicyclic) bond motifs is 3. The number of amides is 1. The molecular formula is C116H151Cl2N5O6S. The highest BCUT2D eigenvalue weighted by molar-refractivity contribution is 7.89. The Morgan fingerprint density at radius 1 is 0.546 bits per heavy atom. The highest BCUT2D eigenvalue weighted by Gasteiger charge is 2.68. The van der Waals surface area contributed by atoms with Crippen molar-refractivity contribution in [1.82, 2.24) is 9.21 Å². The fourth-order valence-electron chi connectivity index (χ4n) is 18.7. The van der Waals surface area contributed by atoms with Crippen LogP contribution in [0, 0.1) is 77.9 Å². The smallest absolute Gasteiger partial charge is 0.253 e. The summed E-state index contributed by atoms with van der Waals surface area (Å²) in [4.78, 5) is 19.2. The van der Waals surface area contributed by atoms with E-state index in [2.05, 4.69) is 284 Å². The molecule has 14 heteroatoms. The van der Waals surface area contributed by atoms with Crippen molar-refractivity contribution < 1.29 is 27.4 Å². The van der Waals surface area contributed by atoms with Crippen LogP contribution in [0.5, 0.6) is 17.2 Å². The summed E-state index contributed by atoms with van der Waals surface area (Å²) < 4.78 is 42.9. The van der Waals surface area contributed by atoms with Crippen molar-refractivity contribution in [2.75, 3.05) is 39.6 Å². The minimum atomic E-state index is -3.28. The third kappa shape index (κ3) is 31.8. The third-order valence-corrected chi connectivity index (χ3v) is 28.8.